The number of amides is 1. The van der Waals surface area contributed by atoms with Gasteiger partial charge in [-0.3, -0.25) is 14.6 Å². The Morgan fingerprint density at radius 3 is 2.11 bits per heavy atom. The highest BCUT2D eigenvalue weighted by atomic mass is 16.2. The molecule has 0 unspecified atom stereocenters. The third kappa shape index (κ3) is 3.05. The number of benzene rings is 2. The van der Waals surface area contributed by atoms with E-state index in [9.17, 15) is 9.59 Å². The average molecular weight is 371 g/mol. The summed E-state index contributed by atoms with van der Waals surface area (Å²) >= 11 is 0. The molecule has 2 heterocycles. The Bertz CT molecular complexity index is 1210. The van der Waals surface area contributed by atoms with Crippen LogP contribution in [-0.4, -0.2) is 15.5 Å². The highest BCUT2D eigenvalue weighted by Gasteiger charge is 2.14. The molecular weight excluding hydrogens is 350 g/mol. The maximum absolute atomic E-state index is 12.9. The second-order valence-electron chi connectivity index (χ2n) is 7.04. The van der Waals surface area contributed by atoms with Crippen molar-refractivity contribution < 1.29 is 4.79 Å². The van der Waals surface area contributed by atoms with E-state index in [0.29, 0.717) is 10.8 Å². The molecule has 0 spiro atoms. The van der Waals surface area contributed by atoms with Crippen LogP contribution in [-0.2, 0) is 11.3 Å². The van der Waals surface area contributed by atoms with E-state index in [1.807, 2.05) is 67.8 Å². The van der Waals surface area contributed by atoms with Crippen LogP contribution in [0.4, 0.5) is 5.69 Å². The molecule has 4 rings (SSSR count). The maximum Gasteiger partial charge on any atom is 0.244 e. The maximum atomic E-state index is 12.9. The van der Waals surface area contributed by atoms with Crippen molar-refractivity contribution in [3.8, 4) is 0 Å². The molecule has 0 aliphatic rings. The lowest BCUT2D eigenvalue weighted by Crippen LogP contribution is -2.22. The zero-order valence-corrected chi connectivity index (χ0v) is 16.1. The third-order valence-corrected chi connectivity index (χ3v) is 4.97. The van der Waals surface area contributed by atoms with Gasteiger partial charge in [0.05, 0.1) is 22.4 Å². The predicted octanol–water partition coefficient (Wildman–Crippen LogP) is 4.11. The molecule has 0 aliphatic heterocycles. The van der Waals surface area contributed by atoms with Crippen molar-refractivity contribution in [3.63, 3.8) is 0 Å². The Balaban J connectivity index is 1.80. The number of aromatic nitrogens is 2. The summed E-state index contributed by atoms with van der Waals surface area (Å²) in [7, 11) is 0. The summed E-state index contributed by atoms with van der Waals surface area (Å²) in [6.07, 6.45) is 0. The van der Waals surface area contributed by atoms with Gasteiger partial charge in [-0.05, 0) is 56.7 Å². The predicted molar refractivity (Wildman–Crippen MR) is 113 cm³/mol. The summed E-state index contributed by atoms with van der Waals surface area (Å²) in [5, 5.41) is 4.22. The summed E-state index contributed by atoms with van der Waals surface area (Å²) in [6.45, 7) is 5.89. The molecule has 28 heavy (non-hydrogen) atoms. The Hall–Kier alpha value is -3.47. The standard InChI is InChI=1S/C23H21N3O2/c1-14-12-15(2)24-16(3)22(14)25-21(27)13-26-19-10-6-4-8-17(19)23(28)18-9-5-7-11-20(18)26/h4-12H,13H2,1-3H3,(H,25,27). The number of pyridine rings is 2. The van der Waals surface area contributed by atoms with Gasteiger partial charge in [0.2, 0.25) is 5.91 Å². The number of aryl methyl sites for hydroxylation is 3. The monoisotopic (exact) mass is 371 g/mol. The van der Waals surface area contributed by atoms with E-state index < -0.39 is 0 Å². The van der Waals surface area contributed by atoms with E-state index in [0.717, 1.165) is 33.7 Å². The molecule has 0 fully saturated rings. The van der Waals surface area contributed by atoms with Crippen LogP contribution in [0.1, 0.15) is 17.0 Å². The molecule has 2 aromatic heterocycles. The fourth-order valence-corrected chi connectivity index (χ4v) is 3.78. The number of nitrogens with zero attached hydrogens (tertiary/aromatic N) is 2. The number of nitrogens with one attached hydrogen (secondary N) is 1. The summed E-state index contributed by atoms with van der Waals surface area (Å²) in [5.41, 5.74) is 4.91. The molecule has 2 aromatic carbocycles. The average Bonchev–Trinajstić information content (AvgIpc) is 2.68. The number of para-hydroxylation sites is 2. The molecular formula is C23H21N3O2. The van der Waals surface area contributed by atoms with Crippen LogP contribution in [0, 0.1) is 20.8 Å². The second-order valence-corrected chi connectivity index (χ2v) is 7.04. The zero-order chi connectivity index (χ0) is 19.8. The summed E-state index contributed by atoms with van der Waals surface area (Å²) in [6, 6.07) is 16.7. The topological polar surface area (TPSA) is 64.0 Å². The Morgan fingerprint density at radius 1 is 0.964 bits per heavy atom. The van der Waals surface area contributed by atoms with Gasteiger partial charge >= 0.3 is 0 Å². The van der Waals surface area contributed by atoms with E-state index >= 15 is 0 Å². The van der Waals surface area contributed by atoms with Gasteiger partial charge in [0.25, 0.3) is 0 Å². The first-order chi connectivity index (χ1) is 13.5. The molecule has 5 nitrogen and oxygen atoms in total. The number of hydrogen-bond donors (Lipinski definition) is 1. The van der Waals surface area contributed by atoms with Gasteiger partial charge in [-0.1, -0.05) is 24.3 Å². The number of anilines is 1. The molecule has 1 N–H and O–H groups in total. The molecule has 0 atom stereocenters. The van der Waals surface area contributed by atoms with Crippen LogP contribution >= 0.6 is 0 Å². The number of fused-ring (bicyclic) bond motifs is 2. The lowest BCUT2D eigenvalue weighted by Gasteiger charge is -2.16. The van der Waals surface area contributed by atoms with E-state index in [1.165, 1.54) is 0 Å². The van der Waals surface area contributed by atoms with Crippen LogP contribution in [0.15, 0.2) is 59.4 Å². The van der Waals surface area contributed by atoms with Gasteiger partial charge in [0, 0.05) is 16.5 Å². The first-order valence-corrected chi connectivity index (χ1v) is 9.20. The molecule has 140 valence electrons. The SMILES string of the molecule is Cc1cc(C)c(NC(=O)Cn2c3ccccc3c(=O)c3ccccc32)c(C)n1. The fraction of sp³-hybridized carbons (Fsp3) is 0.174. The van der Waals surface area contributed by atoms with Gasteiger partial charge in [0.1, 0.15) is 6.54 Å². The highest BCUT2D eigenvalue weighted by molar-refractivity contribution is 5.97. The zero-order valence-electron chi connectivity index (χ0n) is 16.1. The fourth-order valence-electron chi connectivity index (χ4n) is 3.78. The van der Waals surface area contributed by atoms with Crippen molar-refractivity contribution in [2.24, 2.45) is 0 Å². The Labute approximate surface area is 162 Å². The van der Waals surface area contributed by atoms with Crippen LogP contribution in [0.2, 0.25) is 0 Å². The van der Waals surface area contributed by atoms with Crippen LogP contribution in [0.3, 0.4) is 0 Å². The van der Waals surface area contributed by atoms with Crippen molar-refractivity contribution >= 4 is 33.4 Å². The summed E-state index contributed by atoms with van der Waals surface area (Å²) in [5.74, 6) is -0.157. The number of hydrogen-bond acceptors (Lipinski definition) is 3. The molecule has 0 saturated heterocycles. The minimum absolute atomic E-state index is 0.0164. The van der Waals surface area contributed by atoms with Crippen molar-refractivity contribution in [2.75, 3.05) is 5.32 Å². The van der Waals surface area contributed by atoms with Gasteiger partial charge < -0.3 is 9.88 Å². The third-order valence-electron chi connectivity index (χ3n) is 4.97. The van der Waals surface area contributed by atoms with Gasteiger partial charge in [0.15, 0.2) is 5.43 Å². The lowest BCUT2D eigenvalue weighted by molar-refractivity contribution is -0.116. The molecule has 0 saturated carbocycles. The van der Waals surface area contributed by atoms with Crippen molar-refractivity contribution in [2.45, 2.75) is 27.3 Å². The van der Waals surface area contributed by atoms with Gasteiger partial charge in [-0.25, -0.2) is 0 Å². The molecule has 4 aromatic rings. The number of carbonyl (C=O) groups excluding carboxylic acids is 1. The second kappa shape index (κ2) is 6.93. The Kier molecular flexibility index (Phi) is 4.43. The lowest BCUT2D eigenvalue weighted by atomic mass is 10.1. The van der Waals surface area contributed by atoms with Gasteiger partial charge in [-0.15, -0.1) is 0 Å². The number of rotatable bonds is 3. The van der Waals surface area contributed by atoms with E-state index in [-0.39, 0.29) is 17.9 Å². The summed E-state index contributed by atoms with van der Waals surface area (Å²) < 4.78 is 1.90. The highest BCUT2D eigenvalue weighted by Crippen LogP contribution is 2.21. The van der Waals surface area contributed by atoms with Crippen molar-refractivity contribution in [1.29, 1.82) is 0 Å². The van der Waals surface area contributed by atoms with E-state index in [2.05, 4.69) is 10.3 Å². The first kappa shape index (κ1) is 17.9. The van der Waals surface area contributed by atoms with Gasteiger partial charge in [-0.2, -0.15) is 0 Å². The minimum Gasteiger partial charge on any atom is -0.331 e. The molecule has 0 bridgehead atoms. The van der Waals surface area contributed by atoms with Crippen molar-refractivity contribution in [3.05, 3.63) is 81.8 Å². The van der Waals surface area contributed by atoms with E-state index in [4.69, 9.17) is 0 Å². The van der Waals surface area contributed by atoms with Crippen LogP contribution in [0.25, 0.3) is 21.8 Å². The molecule has 0 aliphatic carbocycles. The normalized spacial score (nSPS) is 11.1. The number of carbonyl (C=O) groups is 1. The quantitative estimate of drug-likeness (QED) is 0.551. The first-order valence-electron chi connectivity index (χ1n) is 9.20. The molecule has 0 radical (unpaired) electrons. The van der Waals surface area contributed by atoms with Crippen molar-refractivity contribution in [1.82, 2.24) is 9.55 Å². The smallest absolute Gasteiger partial charge is 0.244 e. The molecule has 5 heteroatoms. The molecule has 1 amide bonds. The van der Waals surface area contributed by atoms with Crippen LogP contribution < -0.4 is 10.7 Å². The minimum atomic E-state index is -0.157. The largest absolute Gasteiger partial charge is 0.331 e. The summed E-state index contributed by atoms with van der Waals surface area (Å²) in [4.78, 5) is 30.2. The Morgan fingerprint density at radius 2 is 1.54 bits per heavy atom. The van der Waals surface area contributed by atoms with E-state index in [1.54, 1.807) is 12.1 Å². The van der Waals surface area contributed by atoms with Crippen LogP contribution in [0.5, 0.6) is 0 Å².